The third kappa shape index (κ3) is 5.50. The van der Waals surface area contributed by atoms with Crippen LogP contribution >= 0.6 is 0 Å². The van der Waals surface area contributed by atoms with Gasteiger partial charge in [-0.05, 0) is 49.2 Å². The smallest absolute Gasteiger partial charge is 0.323 e. The van der Waals surface area contributed by atoms with Gasteiger partial charge < -0.3 is 14.2 Å². The first kappa shape index (κ1) is 18.8. The summed E-state index contributed by atoms with van der Waals surface area (Å²) in [5.41, 5.74) is 1.94. The summed E-state index contributed by atoms with van der Waals surface area (Å²) in [6, 6.07) is 14.8. The van der Waals surface area contributed by atoms with Crippen LogP contribution < -0.4 is 14.8 Å². The molecule has 0 fully saturated rings. The van der Waals surface area contributed by atoms with Crippen LogP contribution in [-0.2, 0) is 16.1 Å². The molecule has 134 valence electrons. The number of hydrogen-bond acceptors (Lipinski definition) is 5. The Morgan fingerprint density at radius 3 is 2.32 bits per heavy atom. The standard InChI is InChI=1S/C20H25NO4/c1-14(17-8-6-10-19(12-17)24-4)21-15(2)20(22)25-13-16-7-5-9-18(11-16)23-3/h5-12,14-15,21H,13H2,1-4H3/t14-,15+/m0/s1. The van der Waals surface area contributed by atoms with Crippen molar-refractivity contribution in [3.8, 4) is 11.5 Å². The lowest BCUT2D eigenvalue weighted by Crippen LogP contribution is -2.37. The number of hydrogen-bond donors (Lipinski definition) is 1. The summed E-state index contributed by atoms with van der Waals surface area (Å²) in [5, 5.41) is 3.25. The molecule has 2 aromatic carbocycles. The molecule has 0 aliphatic carbocycles. The van der Waals surface area contributed by atoms with Crippen molar-refractivity contribution in [1.82, 2.24) is 5.32 Å². The maximum atomic E-state index is 12.2. The number of rotatable bonds is 8. The van der Waals surface area contributed by atoms with E-state index >= 15 is 0 Å². The number of nitrogens with one attached hydrogen (secondary N) is 1. The number of carbonyl (C=O) groups excluding carboxylic acids is 1. The van der Waals surface area contributed by atoms with Crippen LogP contribution in [0.4, 0.5) is 0 Å². The lowest BCUT2D eigenvalue weighted by Gasteiger charge is -2.20. The lowest BCUT2D eigenvalue weighted by atomic mass is 10.1. The second-order valence-electron chi connectivity index (χ2n) is 5.85. The van der Waals surface area contributed by atoms with Crippen LogP contribution in [0.25, 0.3) is 0 Å². The summed E-state index contributed by atoms with van der Waals surface area (Å²) in [6.45, 7) is 4.01. The van der Waals surface area contributed by atoms with E-state index in [4.69, 9.17) is 14.2 Å². The van der Waals surface area contributed by atoms with Crippen molar-refractivity contribution in [3.05, 3.63) is 59.7 Å². The van der Waals surface area contributed by atoms with Gasteiger partial charge in [-0.3, -0.25) is 10.1 Å². The Bertz CT molecular complexity index is 702. The molecule has 0 aliphatic heterocycles. The topological polar surface area (TPSA) is 56.8 Å². The SMILES string of the molecule is COc1cccc(COC(=O)[C@@H](C)N[C@@H](C)c2cccc(OC)c2)c1. The number of carbonyl (C=O) groups is 1. The summed E-state index contributed by atoms with van der Waals surface area (Å²) < 4.78 is 15.8. The minimum atomic E-state index is -0.424. The van der Waals surface area contributed by atoms with Crippen LogP contribution in [0.3, 0.4) is 0 Å². The third-order valence-electron chi connectivity index (χ3n) is 3.96. The van der Waals surface area contributed by atoms with E-state index in [2.05, 4.69) is 5.32 Å². The zero-order valence-electron chi connectivity index (χ0n) is 15.1. The molecule has 0 amide bonds. The van der Waals surface area contributed by atoms with Gasteiger partial charge in [-0.1, -0.05) is 24.3 Å². The Labute approximate surface area is 148 Å². The van der Waals surface area contributed by atoms with E-state index < -0.39 is 6.04 Å². The maximum absolute atomic E-state index is 12.2. The molecular weight excluding hydrogens is 318 g/mol. The predicted molar refractivity (Wildman–Crippen MR) is 96.8 cm³/mol. The highest BCUT2D eigenvalue weighted by Gasteiger charge is 2.18. The van der Waals surface area contributed by atoms with E-state index in [1.54, 1.807) is 21.1 Å². The van der Waals surface area contributed by atoms with Crippen LogP contribution in [0.5, 0.6) is 11.5 Å². The quantitative estimate of drug-likeness (QED) is 0.744. The van der Waals surface area contributed by atoms with E-state index in [1.165, 1.54) is 0 Å². The molecule has 2 rings (SSSR count). The summed E-state index contributed by atoms with van der Waals surface area (Å²) in [5.74, 6) is 1.24. The second kappa shape index (κ2) is 9.08. The molecule has 5 nitrogen and oxygen atoms in total. The van der Waals surface area contributed by atoms with Crippen molar-refractivity contribution in [2.24, 2.45) is 0 Å². The van der Waals surface area contributed by atoms with Gasteiger partial charge in [0.1, 0.15) is 24.1 Å². The van der Waals surface area contributed by atoms with Crippen molar-refractivity contribution in [3.63, 3.8) is 0 Å². The number of ether oxygens (including phenoxy) is 3. The van der Waals surface area contributed by atoms with Crippen LogP contribution in [-0.4, -0.2) is 26.2 Å². The molecule has 0 unspecified atom stereocenters. The largest absolute Gasteiger partial charge is 0.497 e. The average molecular weight is 343 g/mol. The Morgan fingerprint density at radius 1 is 1.00 bits per heavy atom. The fourth-order valence-corrected chi connectivity index (χ4v) is 2.49. The fraction of sp³-hybridized carbons (Fsp3) is 0.350. The molecule has 5 heteroatoms. The Kier molecular flexibility index (Phi) is 6.83. The van der Waals surface area contributed by atoms with Gasteiger partial charge in [-0.25, -0.2) is 0 Å². The molecule has 1 N–H and O–H groups in total. The van der Waals surface area contributed by atoms with Crippen LogP contribution in [0.1, 0.15) is 31.0 Å². The van der Waals surface area contributed by atoms with Crippen LogP contribution in [0.2, 0.25) is 0 Å². The molecule has 0 spiro atoms. The molecule has 0 radical (unpaired) electrons. The van der Waals surface area contributed by atoms with Crippen molar-refractivity contribution >= 4 is 5.97 Å². The summed E-state index contributed by atoms with van der Waals surface area (Å²) in [6.07, 6.45) is 0. The Hall–Kier alpha value is -2.53. The van der Waals surface area contributed by atoms with E-state index in [9.17, 15) is 4.79 Å². The van der Waals surface area contributed by atoms with Gasteiger partial charge in [-0.15, -0.1) is 0 Å². The summed E-state index contributed by atoms with van der Waals surface area (Å²) >= 11 is 0. The molecule has 0 heterocycles. The van der Waals surface area contributed by atoms with Crippen molar-refractivity contribution in [1.29, 1.82) is 0 Å². The first-order chi connectivity index (χ1) is 12.0. The number of methoxy groups -OCH3 is 2. The zero-order valence-corrected chi connectivity index (χ0v) is 15.1. The molecule has 0 aromatic heterocycles. The summed E-state index contributed by atoms with van der Waals surface area (Å²) in [4.78, 5) is 12.2. The van der Waals surface area contributed by atoms with Gasteiger partial charge in [-0.2, -0.15) is 0 Å². The molecule has 0 bridgehead atoms. The molecule has 0 saturated carbocycles. The maximum Gasteiger partial charge on any atom is 0.323 e. The minimum absolute atomic E-state index is 0.00512. The van der Waals surface area contributed by atoms with Crippen LogP contribution in [0.15, 0.2) is 48.5 Å². The minimum Gasteiger partial charge on any atom is -0.497 e. The van der Waals surface area contributed by atoms with Crippen LogP contribution in [0, 0.1) is 0 Å². The van der Waals surface area contributed by atoms with E-state index in [-0.39, 0.29) is 18.6 Å². The van der Waals surface area contributed by atoms with Gasteiger partial charge in [0.2, 0.25) is 0 Å². The van der Waals surface area contributed by atoms with Crippen molar-refractivity contribution in [2.45, 2.75) is 32.5 Å². The van der Waals surface area contributed by atoms with Gasteiger partial charge >= 0.3 is 5.97 Å². The van der Waals surface area contributed by atoms with Gasteiger partial charge in [0.15, 0.2) is 0 Å². The number of esters is 1. The monoisotopic (exact) mass is 343 g/mol. The second-order valence-corrected chi connectivity index (χ2v) is 5.85. The van der Waals surface area contributed by atoms with Gasteiger partial charge in [0.25, 0.3) is 0 Å². The van der Waals surface area contributed by atoms with E-state index in [1.807, 2.05) is 55.5 Å². The molecule has 0 saturated heterocycles. The third-order valence-corrected chi connectivity index (χ3v) is 3.96. The molecule has 2 atom stereocenters. The first-order valence-electron chi connectivity index (χ1n) is 8.23. The molecule has 0 aliphatic rings. The highest BCUT2D eigenvalue weighted by Crippen LogP contribution is 2.19. The van der Waals surface area contributed by atoms with Crippen molar-refractivity contribution in [2.75, 3.05) is 14.2 Å². The Morgan fingerprint density at radius 2 is 1.64 bits per heavy atom. The Balaban J connectivity index is 1.88. The normalized spacial score (nSPS) is 13.0. The molecule has 25 heavy (non-hydrogen) atoms. The summed E-state index contributed by atoms with van der Waals surface area (Å²) in [7, 11) is 3.24. The fourth-order valence-electron chi connectivity index (χ4n) is 2.49. The van der Waals surface area contributed by atoms with Gasteiger partial charge in [0, 0.05) is 6.04 Å². The predicted octanol–water partition coefficient (Wildman–Crippen LogP) is 3.49. The van der Waals surface area contributed by atoms with Crippen molar-refractivity contribution < 1.29 is 19.0 Å². The average Bonchev–Trinajstić information content (AvgIpc) is 2.66. The molecular formula is C20H25NO4. The number of benzene rings is 2. The highest BCUT2D eigenvalue weighted by atomic mass is 16.5. The first-order valence-corrected chi connectivity index (χ1v) is 8.23. The highest BCUT2D eigenvalue weighted by molar-refractivity contribution is 5.75. The zero-order chi connectivity index (χ0) is 18.2. The lowest BCUT2D eigenvalue weighted by molar-refractivity contribution is -0.147. The van der Waals surface area contributed by atoms with E-state index in [0.29, 0.717) is 0 Å². The van der Waals surface area contributed by atoms with E-state index in [0.717, 1.165) is 22.6 Å². The van der Waals surface area contributed by atoms with Gasteiger partial charge in [0.05, 0.1) is 14.2 Å². The molecule has 2 aromatic rings.